The van der Waals surface area contributed by atoms with E-state index in [0.717, 1.165) is 28.9 Å². The average molecular weight is 366 g/mol. The van der Waals surface area contributed by atoms with Gasteiger partial charge in [-0.15, -0.1) is 11.3 Å². The van der Waals surface area contributed by atoms with Crippen molar-refractivity contribution in [2.45, 2.75) is 31.8 Å². The first kappa shape index (κ1) is 16.0. The van der Waals surface area contributed by atoms with Crippen molar-refractivity contribution in [3.63, 3.8) is 0 Å². The van der Waals surface area contributed by atoms with Crippen LogP contribution < -0.4 is 5.32 Å². The van der Waals surface area contributed by atoms with Crippen LogP contribution in [-0.4, -0.2) is 45.5 Å². The first-order chi connectivity index (χ1) is 12.7. The van der Waals surface area contributed by atoms with E-state index in [1.54, 1.807) is 11.3 Å². The van der Waals surface area contributed by atoms with Crippen LogP contribution in [0.5, 0.6) is 0 Å². The maximum absolute atomic E-state index is 12.9. The molecule has 3 fully saturated rings. The lowest BCUT2D eigenvalue weighted by atomic mass is 9.79. The number of piperidine rings is 3. The van der Waals surface area contributed by atoms with E-state index >= 15 is 0 Å². The molecule has 6 heterocycles. The lowest BCUT2D eigenvalue weighted by Gasteiger charge is -2.49. The molecule has 2 unspecified atom stereocenters. The van der Waals surface area contributed by atoms with Gasteiger partial charge < -0.3 is 9.88 Å². The van der Waals surface area contributed by atoms with Gasteiger partial charge in [0.15, 0.2) is 0 Å². The summed E-state index contributed by atoms with van der Waals surface area (Å²) < 4.78 is 3.18. The zero-order valence-electron chi connectivity index (χ0n) is 14.8. The first-order valence-corrected chi connectivity index (χ1v) is 10.1. The quantitative estimate of drug-likeness (QED) is 0.774. The fourth-order valence-electron chi connectivity index (χ4n) is 4.51. The van der Waals surface area contributed by atoms with Crippen LogP contribution in [0.3, 0.4) is 0 Å². The van der Waals surface area contributed by atoms with E-state index in [1.807, 2.05) is 36.8 Å². The van der Waals surface area contributed by atoms with Crippen LogP contribution in [0.25, 0.3) is 15.8 Å². The van der Waals surface area contributed by atoms with Crippen LogP contribution >= 0.6 is 11.3 Å². The Morgan fingerprint density at radius 1 is 1.27 bits per heavy atom. The Morgan fingerprint density at radius 3 is 2.77 bits per heavy atom. The highest BCUT2D eigenvalue weighted by Gasteiger charge is 2.40. The van der Waals surface area contributed by atoms with Crippen LogP contribution in [-0.2, 0) is 0 Å². The van der Waals surface area contributed by atoms with Crippen molar-refractivity contribution in [3.8, 4) is 5.69 Å². The zero-order valence-corrected chi connectivity index (χ0v) is 15.6. The molecule has 3 aliphatic rings. The van der Waals surface area contributed by atoms with E-state index in [9.17, 15) is 4.79 Å². The Morgan fingerprint density at radius 2 is 2.04 bits per heavy atom. The standard InChI is InChI=1S/C20H22N4OS/c1-13-19(14-4-8-23(13)9-5-14)22-20(25)16-10-15-17(24-6-2-3-7-24)12-26-18(15)11-21-16/h2-3,6-7,10-14,19H,4-5,8-9H2,1H3,(H,22,25). The Bertz CT molecular complexity index is 938. The van der Waals surface area contributed by atoms with E-state index in [2.05, 4.69) is 32.1 Å². The van der Waals surface area contributed by atoms with Crippen LogP contribution in [0.15, 0.2) is 42.2 Å². The third-order valence-corrected chi connectivity index (χ3v) is 6.95. The van der Waals surface area contributed by atoms with E-state index in [1.165, 1.54) is 12.8 Å². The predicted molar refractivity (Wildman–Crippen MR) is 104 cm³/mol. The second-order valence-corrected chi connectivity index (χ2v) is 8.30. The molecule has 3 saturated heterocycles. The summed E-state index contributed by atoms with van der Waals surface area (Å²) in [6.07, 6.45) is 8.24. The molecule has 1 amide bonds. The zero-order chi connectivity index (χ0) is 17.7. The first-order valence-electron chi connectivity index (χ1n) is 9.26. The van der Waals surface area contributed by atoms with Crippen molar-refractivity contribution in [1.82, 2.24) is 19.8 Å². The van der Waals surface area contributed by atoms with Gasteiger partial charge in [0.1, 0.15) is 5.69 Å². The molecule has 6 rings (SSSR count). The van der Waals surface area contributed by atoms with Gasteiger partial charge in [0.05, 0.1) is 10.4 Å². The topological polar surface area (TPSA) is 50.2 Å². The lowest BCUT2D eigenvalue weighted by Crippen LogP contribution is -2.62. The largest absolute Gasteiger partial charge is 0.346 e. The number of aromatic nitrogens is 2. The molecule has 3 aromatic heterocycles. The summed E-state index contributed by atoms with van der Waals surface area (Å²) in [4.78, 5) is 19.8. The Labute approximate surface area is 156 Å². The number of carbonyl (C=O) groups is 1. The number of amides is 1. The van der Waals surface area contributed by atoms with Crippen LogP contribution in [0.1, 0.15) is 30.3 Å². The molecule has 26 heavy (non-hydrogen) atoms. The molecular formula is C20H22N4OS. The summed E-state index contributed by atoms with van der Waals surface area (Å²) in [5.74, 6) is 0.543. The van der Waals surface area contributed by atoms with Gasteiger partial charge >= 0.3 is 0 Å². The highest BCUT2D eigenvalue weighted by Crippen LogP contribution is 2.33. The molecule has 134 valence electrons. The molecule has 2 atom stereocenters. The number of pyridine rings is 1. The van der Waals surface area contributed by atoms with Gasteiger partial charge in [-0.25, -0.2) is 4.98 Å². The summed E-state index contributed by atoms with van der Waals surface area (Å²) in [7, 11) is 0. The molecular weight excluding hydrogens is 344 g/mol. The number of nitrogens with one attached hydrogen (secondary N) is 1. The number of fused-ring (bicyclic) bond motifs is 4. The smallest absolute Gasteiger partial charge is 0.270 e. The molecule has 0 aromatic carbocycles. The maximum atomic E-state index is 12.9. The van der Waals surface area contributed by atoms with Crippen molar-refractivity contribution in [1.29, 1.82) is 0 Å². The second-order valence-electron chi connectivity index (χ2n) is 7.39. The van der Waals surface area contributed by atoms with E-state index in [-0.39, 0.29) is 11.9 Å². The number of rotatable bonds is 3. The summed E-state index contributed by atoms with van der Waals surface area (Å²) in [5, 5.41) is 6.47. The van der Waals surface area contributed by atoms with Gasteiger partial charge in [-0.3, -0.25) is 9.69 Å². The molecule has 3 aromatic rings. The summed E-state index contributed by atoms with van der Waals surface area (Å²) in [6.45, 7) is 4.56. The Balaban J connectivity index is 1.43. The molecule has 1 N–H and O–H groups in total. The monoisotopic (exact) mass is 366 g/mol. The number of carbonyl (C=O) groups excluding carboxylic acids is 1. The molecule has 0 radical (unpaired) electrons. The van der Waals surface area contributed by atoms with Gasteiger partial charge in [-0.2, -0.15) is 0 Å². The lowest BCUT2D eigenvalue weighted by molar-refractivity contribution is 0.0216. The summed E-state index contributed by atoms with van der Waals surface area (Å²) >= 11 is 1.66. The van der Waals surface area contributed by atoms with E-state index < -0.39 is 0 Å². The number of nitrogens with zero attached hydrogens (tertiary/aromatic N) is 3. The van der Waals surface area contributed by atoms with Crippen LogP contribution in [0.4, 0.5) is 0 Å². The highest BCUT2D eigenvalue weighted by atomic mass is 32.1. The number of hydrogen-bond donors (Lipinski definition) is 1. The Kier molecular flexibility index (Phi) is 3.83. The highest BCUT2D eigenvalue weighted by molar-refractivity contribution is 7.17. The van der Waals surface area contributed by atoms with Gasteiger partial charge in [-0.05, 0) is 57.0 Å². The minimum absolute atomic E-state index is 0.0536. The van der Waals surface area contributed by atoms with Crippen LogP contribution in [0.2, 0.25) is 0 Å². The third-order valence-electron chi connectivity index (χ3n) is 6.03. The normalized spacial score (nSPS) is 27.7. The summed E-state index contributed by atoms with van der Waals surface area (Å²) in [6, 6.07) is 6.59. The molecule has 0 aliphatic carbocycles. The van der Waals surface area contributed by atoms with Crippen molar-refractivity contribution in [2.75, 3.05) is 13.1 Å². The van der Waals surface area contributed by atoms with Crippen LogP contribution in [0, 0.1) is 5.92 Å². The predicted octanol–water partition coefficient (Wildman–Crippen LogP) is 3.30. The van der Waals surface area contributed by atoms with E-state index in [0.29, 0.717) is 17.7 Å². The average Bonchev–Trinajstić information content (AvgIpc) is 3.33. The van der Waals surface area contributed by atoms with Crippen molar-refractivity contribution >= 4 is 27.3 Å². The summed E-state index contributed by atoms with van der Waals surface area (Å²) in [5.41, 5.74) is 1.61. The van der Waals surface area contributed by atoms with Gasteiger partial charge in [0, 0.05) is 41.4 Å². The van der Waals surface area contributed by atoms with Gasteiger partial charge in [0.25, 0.3) is 5.91 Å². The fraction of sp³-hybridized carbons (Fsp3) is 0.400. The minimum atomic E-state index is -0.0536. The molecule has 5 nitrogen and oxygen atoms in total. The van der Waals surface area contributed by atoms with Crippen molar-refractivity contribution in [3.05, 3.63) is 47.9 Å². The van der Waals surface area contributed by atoms with Crippen molar-refractivity contribution in [2.24, 2.45) is 5.92 Å². The fourth-order valence-corrected chi connectivity index (χ4v) is 5.40. The van der Waals surface area contributed by atoms with E-state index in [4.69, 9.17) is 0 Å². The Hall–Kier alpha value is -2.18. The van der Waals surface area contributed by atoms with Gasteiger partial charge in [0.2, 0.25) is 0 Å². The molecule has 0 saturated carbocycles. The number of thiophene rings is 1. The number of hydrogen-bond acceptors (Lipinski definition) is 4. The SMILES string of the molecule is CC1C(NC(=O)c2cc3c(-n4cccc4)csc3cn2)C2CCN1CC2. The minimum Gasteiger partial charge on any atom is -0.346 e. The maximum Gasteiger partial charge on any atom is 0.270 e. The molecule has 3 aliphatic heterocycles. The van der Waals surface area contributed by atoms with Gasteiger partial charge in [-0.1, -0.05) is 0 Å². The second kappa shape index (κ2) is 6.21. The molecule has 2 bridgehead atoms. The molecule has 6 heteroatoms. The van der Waals surface area contributed by atoms with Crippen molar-refractivity contribution < 1.29 is 4.79 Å². The third kappa shape index (κ3) is 2.56. The molecule has 0 spiro atoms.